The molecule has 3 N–H and O–H groups in total. The number of likely N-dealkylation sites (N-methyl/N-ethyl adjacent to an activating group) is 1. The van der Waals surface area contributed by atoms with Gasteiger partial charge in [0.1, 0.15) is 0 Å². The highest BCUT2D eigenvalue weighted by molar-refractivity contribution is 5.74. The summed E-state index contributed by atoms with van der Waals surface area (Å²) in [6.45, 7) is 5.36. The number of benzene rings is 1. The zero-order valence-electron chi connectivity index (χ0n) is 14.4. The van der Waals surface area contributed by atoms with Crippen molar-refractivity contribution in [3.63, 3.8) is 0 Å². The molecule has 6 nitrogen and oxygen atoms in total. The Kier molecular flexibility index (Phi) is 5.26. The molecule has 1 aromatic carbocycles. The summed E-state index contributed by atoms with van der Waals surface area (Å²) in [5, 5.41) is 15.1. The molecule has 6 heteroatoms. The number of aliphatic hydroxyl groups is 1. The first kappa shape index (κ1) is 17.0. The van der Waals surface area contributed by atoms with Gasteiger partial charge in [-0.15, -0.1) is 0 Å². The molecule has 0 spiro atoms. The van der Waals surface area contributed by atoms with Crippen LogP contribution in [0.2, 0.25) is 0 Å². The van der Waals surface area contributed by atoms with E-state index in [-0.39, 0.29) is 18.1 Å². The number of carbonyl (C=O) groups excluding carboxylic acids is 1. The Balaban J connectivity index is 1.52. The van der Waals surface area contributed by atoms with Gasteiger partial charge in [-0.25, -0.2) is 4.79 Å². The van der Waals surface area contributed by atoms with Crippen LogP contribution in [0.4, 0.5) is 10.5 Å². The second-order valence-electron chi connectivity index (χ2n) is 7.11. The number of rotatable bonds is 6. The monoisotopic (exact) mass is 332 g/mol. The zero-order valence-corrected chi connectivity index (χ0v) is 14.4. The molecule has 2 fully saturated rings. The van der Waals surface area contributed by atoms with Gasteiger partial charge in [0, 0.05) is 50.4 Å². The number of aliphatic hydroxyl groups excluding tert-OH is 1. The second-order valence-corrected chi connectivity index (χ2v) is 7.11. The van der Waals surface area contributed by atoms with Crippen LogP contribution in [-0.2, 0) is 6.54 Å². The molecule has 3 rings (SSSR count). The third-order valence-electron chi connectivity index (χ3n) is 5.19. The minimum atomic E-state index is -0.164. The number of urea groups is 1. The van der Waals surface area contributed by atoms with Crippen molar-refractivity contribution in [3.8, 4) is 0 Å². The van der Waals surface area contributed by atoms with Gasteiger partial charge in [-0.3, -0.25) is 0 Å². The number of hydrogen-bond acceptors (Lipinski definition) is 4. The maximum atomic E-state index is 12.0. The first-order chi connectivity index (χ1) is 11.6. The van der Waals surface area contributed by atoms with Crippen molar-refractivity contribution >= 4 is 11.7 Å². The number of anilines is 1. The standard InChI is InChI=1S/C18H28N4O2/c1-21-8-10-22(11-9-21)16-5-3-2-4-15(16)12-19-17(24)20-13-18(14-23)6-7-18/h2-5,23H,6-14H2,1H3,(H2,19,20,24). The van der Waals surface area contributed by atoms with Crippen molar-refractivity contribution < 1.29 is 9.90 Å². The number of para-hydroxylation sites is 1. The van der Waals surface area contributed by atoms with E-state index in [1.54, 1.807) is 0 Å². The molecule has 1 aromatic rings. The van der Waals surface area contributed by atoms with E-state index in [0.29, 0.717) is 13.1 Å². The van der Waals surface area contributed by atoms with Crippen molar-refractivity contribution in [3.05, 3.63) is 29.8 Å². The SMILES string of the molecule is CN1CCN(c2ccccc2CNC(=O)NCC2(CO)CC2)CC1. The largest absolute Gasteiger partial charge is 0.396 e. The van der Waals surface area contributed by atoms with Crippen LogP contribution >= 0.6 is 0 Å². The lowest BCUT2D eigenvalue weighted by molar-refractivity contribution is 0.203. The Morgan fingerprint density at radius 3 is 2.54 bits per heavy atom. The Bertz CT molecular complexity index is 566. The summed E-state index contributed by atoms with van der Waals surface area (Å²) >= 11 is 0. The Morgan fingerprint density at radius 1 is 1.17 bits per heavy atom. The van der Waals surface area contributed by atoms with Gasteiger partial charge in [-0.05, 0) is 31.5 Å². The third kappa shape index (κ3) is 4.19. The van der Waals surface area contributed by atoms with Gasteiger partial charge in [0.15, 0.2) is 0 Å². The molecule has 0 unspecified atom stereocenters. The predicted molar refractivity (Wildman–Crippen MR) is 95.1 cm³/mol. The average molecular weight is 332 g/mol. The van der Waals surface area contributed by atoms with Gasteiger partial charge in [0.2, 0.25) is 0 Å². The van der Waals surface area contributed by atoms with Gasteiger partial charge in [-0.1, -0.05) is 18.2 Å². The number of carbonyl (C=O) groups is 1. The van der Waals surface area contributed by atoms with E-state index >= 15 is 0 Å². The van der Waals surface area contributed by atoms with Gasteiger partial charge < -0.3 is 25.5 Å². The molecule has 24 heavy (non-hydrogen) atoms. The van der Waals surface area contributed by atoms with Gasteiger partial charge in [-0.2, -0.15) is 0 Å². The second kappa shape index (κ2) is 7.40. The lowest BCUT2D eigenvalue weighted by Gasteiger charge is -2.35. The normalized spacial score (nSPS) is 19.8. The fourth-order valence-electron chi connectivity index (χ4n) is 3.09. The molecule has 0 radical (unpaired) electrons. The van der Waals surface area contributed by atoms with Crippen LogP contribution in [0.1, 0.15) is 18.4 Å². The van der Waals surface area contributed by atoms with Crippen molar-refractivity contribution in [1.29, 1.82) is 0 Å². The van der Waals surface area contributed by atoms with Crippen LogP contribution in [0, 0.1) is 5.41 Å². The predicted octanol–water partition coefficient (Wildman–Crippen LogP) is 1.01. The van der Waals surface area contributed by atoms with Crippen molar-refractivity contribution in [2.75, 3.05) is 51.3 Å². The van der Waals surface area contributed by atoms with Crippen LogP contribution < -0.4 is 15.5 Å². The number of nitrogens with zero attached hydrogens (tertiary/aromatic N) is 2. The number of nitrogens with one attached hydrogen (secondary N) is 2. The number of piperazine rings is 1. The maximum Gasteiger partial charge on any atom is 0.315 e. The fourth-order valence-corrected chi connectivity index (χ4v) is 3.09. The summed E-state index contributed by atoms with van der Waals surface area (Å²) in [5.41, 5.74) is 2.29. The molecule has 0 aromatic heterocycles. The Morgan fingerprint density at radius 2 is 1.88 bits per heavy atom. The highest BCUT2D eigenvalue weighted by atomic mass is 16.3. The highest BCUT2D eigenvalue weighted by Gasteiger charge is 2.42. The molecule has 0 bridgehead atoms. The van der Waals surface area contributed by atoms with Crippen molar-refractivity contribution in [2.24, 2.45) is 5.41 Å². The summed E-state index contributed by atoms with van der Waals surface area (Å²) < 4.78 is 0. The molecular weight excluding hydrogens is 304 g/mol. The minimum absolute atomic E-state index is 0.0604. The van der Waals surface area contributed by atoms with Gasteiger partial charge in [0.05, 0.1) is 6.61 Å². The Hall–Kier alpha value is -1.79. The molecule has 1 heterocycles. The maximum absolute atomic E-state index is 12.0. The van der Waals surface area contributed by atoms with Crippen LogP contribution in [-0.4, -0.2) is 62.4 Å². The topological polar surface area (TPSA) is 67.8 Å². The molecule has 0 atom stereocenters. The van der Waals surface area contributed by atoms with Crippen LogP contribution in [0.5, 0.6) is 0 Å². The lowest BCUT2D eigenvalue weighted by atomic mass is 10.1. The molecule has 2 aliphatic rings. The summed E-state index contributed by atoms with van der Waals surface area (Å²) in [6.07, 6.45) is 1.99. The molecule has 1 aliphatic carbocycles. The van der Waals surface area contributed by atoms with Gasteiger partial charge >= 0.3 is 6.03 Å². The molecule has 1 saturated heterocycles. The van der Waals surface area contributed by atoms with Crippen LogP contribution in [0.25, 0.3) is 0 Å². The first-order valence-corrected chi connectivity index (χ1v) is 8.76. The summed E-state index contributed by atoms with van der Waals surface area (Å²) in [7, 11) is 2.15. The van der Waals surface area contributed by atoms with E-state index in [1.807, 2.05) is 6.07 Å². The van der Waals surface area contributed by atoms with E-state index in [2.05, 4.69) is 45.7 Å². The summed E-state index contributed by atoms with van der Waals surface area (Å²) in [6, 6.07) is 8.10. The zero-order chi connectivity index (χ0) is 17.0. The minimum Gasteiger partial charge on any atom is -0.396 e. The first-order valence-electron chi connectivity index (χ1n) is 8.76. The molecule has 1 aliphatic heterocycles. The van der Waals surface area contributed by atoms with Crippen LogP contribution in [0.3, 0.4) is 0 Å². The van der Waals surface area contributed by atoms with Gasteiger partial charge in [0.25, 0.3) is 0 Å². The van der Waals surface area contributed by atoms with E-state index in [4.69, 9.17) is 0 Å². The third-order valence-corrected chi connectivity index (χ3v) is 5.19. The smallest absolute Gasteiger partial charge is 0.315 e. The molecule has 132 valence electrons. The summed E-state index contributed by atoms with van der Waals surface area (Å²) in [4.78, 5) is 16.7. The molecule has 2 amide bonds. The number of hydrogen-bond donors (Lipinski definition) is 3. The fraction of sp³-hybridized carbons (Fsp3) is 0.611. The van der Waals surface area contributed by atoms with E-state index in [0.717, 1.165) is 44.6 Å². The van der Waals surface area contributed by atoms with E-state index in [1.165, 1.54) is 5.69 Å². The quantitative estimate of drug-likeness (QED) is 0.727. The Labute approximate surface area is 143 Å². The van der Waals surface area contributed by atoms with Crippen LogP contribution in [0.15, 0.2) is 24.3 Å². The average Bonchev–Trinajstić information content (AvgIpc) is 3.40. The van der Waals surface area contributed by atoms with E-state index < -0.39 is 0 Å². The lowest BCUT2D eigenvalue weighted by Crippen LogP contribution is -2.45. The highest BCUT2D eigenvalue weighted by Crippen LogP contribution is 2.44. The summed E-state index contributed by atoms with van der Waals surface area (Å²) in [5.74, 6) is 0. The van der Waals surface area contributed by atoms with Crippen molar-refractivity contribution in [1.82, 2.24) is 15.5 Å². The molecular formula is C18H28N4O2. The molecule has 1 saturated carbocycles. The number of amides is 2. The van der Waals surface area contributed by atoms with Crippen molar-refractivity contribution in [2.45, 2.75) is 19.4 Å². The van der Waals surface area contributed by atoms with E-state index in [9.17, 15) is 9.90 Å².